The lowest BCUT2D eigenvalue weighted by Crippen LogP contribution is -2.39. The Bertz CT molecular complexity index is 2290. The number of rotatable bonds is 5. The van der Waals surface area contributed by atoms with Gasteiger partial charge in [0, 0.05) is 11.5 Å². The van der Waals surface area contributed by atoms with E-state index in [0.717, 1.165) is 42.1 Å². The summed E-state index contributed by atoms with van der Waals surface area (Å²) < 4.78 is 0. The number of nitrogens with one attached hydrogen (secondary N) is 1. The minimum absolute atomic E-state index is 0.156. The lowest BCUT2D eigenvalue weighted by Gasteiger charge is -2.42. The molecule has 0 spiro atoms. The van der Waals surface area contributed by atoms with E-state index in [9.17, 15) is 0 Å². The molecule has 52 heavy (non-hydrogen) atoms. The standard InChI is InChI=1S/C49H49N3/c1-48(2)28-29-49(3,4)44-31-37(24-27-43(44)48)39-25-26-42(41-17-11-10-16-40(39)41)47-51-45(35-21-18-34(19-22-35)32-12-6-5-7-13-32)50-46(52-47)38-23-20-33-14-8-9-15-36(33)30-38/h5-8,10-14,16-18,20-27,31,34,36,45H,9,15,19,28-30H2,1-4H3,(H,50,51,52). The third-order valence-corrected chi connectivity index (χ3v) is 12.4. The maximum absolute atomic E-state index is 5.39. The Labute approximate surface area is 309 Å². The van der Waals surface area contributed by atoms with E-state index in [0.29, 0.717) is 11.8 Å². The predicted molar refractivity (Wildman–Crippen MR) is 219 cm³/mol. The Morgan fingerprint density at radius 2 is 1.42 bits per heavy atom. The fourth-order valence-corrected chi connectivity index (χ4v) is 9.13. The molecule has 0 fully saturated rings. The number of hydrogen-bond donors (Lipinski definition) is 1. The van der Waals surface area contributed by atoms with E-state index >= 15 is 0 Å². The first kappa shape index (κ1) is 32.9. The van der Waals surface area contributed by atoms with Crippen molar-refractivity contribution in [2.75, 3.05) is 0 Å². The third kappa shape index (κ3) is 5.94. The van der Waals surface area contributed by atoms with Crippen molar-refractivity contribution < 1.29 is 0 Å². The highest BCUT2D eigenvalue weighted by molar-refractivity contribution is 6.21. The molecule has 3 heteroatoms. The molecular formula is C49H49N3. The first-order chi connectivity index (χ1) is 25.2. The van der Waals surface area contributed by atoms with E-state index in [-0.39, 0.29) is 17.0 Å². The number of hydrogen-bond acceptors (Lipinski definition) is 3. The molecule has 1 N–H and O–H groups in total. The molecule has 4 aromatic carbocycles. The second-order valence-electron chi connectivity index (χ2n) is 16.7. The van der Waals surface area contributed by atoms with Crippen LogP contribution in [0.5, 0.6) is 0 Å². The van der Waals surface area contributed by atoms with Crippen LogP contribution < -0.4 is 5.32 Å². The molecule has 1 heterocycles. The second-order valence-corrected chi connectivity index (χ2v) is 16.7. The molecule has 0 saturated heterocycles. The van der Waals surface area contributed by atoms with E-state index in [1.165, 1.54) is 69.0 Å². The smallest absolute Gasteiger partial charge is 0.169 e. The van der Waals surface area contributed by atoms with Crippen molar-refractivity contribution in [1.29, 1.82) is 0 Å². The fourth-order valence-electron chi connectivity index (χ4n) is 9.13. The van der Waals surface area contributed by atoms with Crippen LogP contribution in [-0.4, -0.2) is 17.8 Å². The largest absolute Gasteiger partial charge is 0.325 e. The summed E-state index contributed by atoms with van der Waals surface area (Å²) in [6.45, 7) is 9.63. The minimum atomic E-state index is -0.304. The molecule has 0 radical (unpaired) electrons. The van der Waals surface area contributed by atoms with E-state index in [1.54, 1.807) is 0 Å². The van der Waals surface area contributed by atoms with Gasteiger partial charge in [-0.3, -0.25) is 0 Å². The maximum Gasteiger partial charge on any atom is 0.169 e. The average Bonchev–Trinajstić information content (AvgIpc) is 3.19. The first-order valence-corrected chi connectivity index (χ1v) is 19.3. The van der Waals surface area contributed by atoms with Crippen molar-refractivity contribution in [2.24, 2.45) is 15.9 Å². The van der Waals surface area contributed by atoms with Gasteiger partial charge < -0.3 is 5.32 Å². The summed E-state index contributed by atoms with van der Waals surface area (Å²) >= 11 is 0. The highest BCUT2D eigenvalue weighted by Gasteiger charge is 2.37. The predicted octanol–water partition coefficient (Wildman–Crippen LogP) is 11.8. The van der Waals surface area contributed by atoms with Crippen LogP contribution in [0, 0.1) is 5.92 Å². The molecule has 3 unspecified atom stereocenters. The van der Waals surface area contributed by atoms with Gasteiger partial charge in [0.15, 0.2) is 6.17 Å². The lowest BCUT2D eigenvalue weighted by molar-refractivity contribution is 0.332. The number of benzene rings is 4. The van der Waals surface area contributed by atoms with Crippen molar-refractivity contribution >= 4 is 22.4 Å². The summed E-state index contributed by atoms with van der Waals surface area (Å²) in [6, 6.07) is 31.5. The van der Waals surface area contributed by atoms with Gasteiger partial charge in [0.2, 0.25) is 0 Å². The molecule has 4 aliphatic carbocycles. The van der Waals surface area contributed by atoms with Crippen molar-refractivity contribution in [3.8, 4) is 11.1 Å². The van der Waals surface area contributed by atoms with Crippen LogP contribution >= 0.6 is 0 Å². The zero-order valence-corrected chi connectivity index (χ0v) is 31.0. The van der Waals surface area contributed by atoms with Crippen LogP contribution in [0.1, 0.15) is 94.4 Å². The molecule has 9 rings (SSSR count). The van der Waals surface area contributed by atoms with Gasteiger partial charge in [-0.2, -0.15) is 0 Å². The molecule has 1 aliphatic heterocycles. The molecule has 260 valence electrons. The van der Waals surface area contributed by atoms with Crippen LogP contribution in [0.25, 0.3) is 21.9 Å². The number of allylic oxidation sites excluding steroid dienone is 7. The minimum Gasteiger partial charge on any atom is -0.325 e. The van der Waals surface area contributed by atoms with E-state index in [2.05, 4.69) is 160 Å². The SMILES string of the molecule is CC1(C)CCC(C)(C)c2cc(-c3ccc(C4=NC(C5=CCC(c6ccccc6)C=C5)N=C(C5=CC=C6C=CCCC6C5)N4)c4ccccc34)ccc21. The van der Waals surface area contributed by atoms with Gasteiger partial charge in [-0.05, 0) is 111 Å². The summed E-state index contributed by atoms with van der Waals surface area (Å²) in [7, 11) is 0. The zero-order valence-electron chi connectivity index (χ0n) is 31.0. The van der Waals surface area contributed by atoms with Gasteiger partial charge in [-0.1, -0.05) is 155 Å². The summed E-state index contributed by atoms with van der Waals surface area (Å²) in [6.07, 6.45) is 22.6. The lowest BCUT2D eigenvalue weighted by atomic mass is 9.63. The molecule has 0 saturated carbocycles. The van der Waals surface area contributed by atoms with Gasteiger partial charge in [0.25, 0.3) is 0 Å². The summed E-state index contributed by atoms with van der Waals surface area (Å²) in [5, 5.41) is 6.24. The number of amidine groups is 2. The van der Waals surface area contributed by atoms with Gasteiger partial charge >= 0.3 is 0 Å². The number of fused-ring (bicyclic) bond motifs is 3. The topological polar surface area (TPSA) is 36.8 Å². The van der Waals surface area contributed by atoms with Gasteiger partial charge in [0.05, 0.1) is 0 Å². The van der Waals surface area contributed by atoms with Crippen molar-refractivity contribution in [3.63, 3.8) is 0 Å². The first-order valence-electron chi connectivity index (χ1n) is 19.3. The Kier molecular flexibility index (Phi) is 8.14. The molecule has 3 atom stereocenters. The van der Waals surface area contributed by atoms with E-state index in [1.807, 2.05) is 0 Å². The molecule has 5 aliphatic rings. The normalized spacial score (nSPS) is 24.4. The quantitative estimate of drug-likeness (QED) is 0.224. The summed E-state index contributed by atoms with van der Waals surface area (Å²) in [5.74, 6) is 2.76. The van der Waals surface area contributed by atoms with Gasteiger partial charge in [-0.25, -0.2) is 9.98 Å². The fraction of sp³-hybridized carbons (Fsp3) is 0.306. The maximum atomic E-state index is 5.39. The molecular weight excluding hydrogens is 631 g/mol. The molecule has 0 amide bonds. The zero-order chi connectivity index (χ0) is 35.5. The second kappa shape index (κ2) is 12.9. The Balaban J connectivity index is 1.11. The molecule has 0 aromatic heterocycles. The van der Waals surface area contributed by atoms with Crippen molar-refractivity contribution in [3.05, 3.63) is 166 Å². The Morgan fingerprint density at radius 3 is 2.21 bits per heavy atom. The summed E-state index contributed by atoms with van der Waals surface area (Å²) in [4.78, 5) is 10.7. The van der Waals surface area contributed by atoms with Gasteiger partial charge in [-0.15, -0.1) is 0 Å². The molecule has 4 aromatic rings. The number of aliphatic imine (C=N–C) groups is 2. The van der Waals surface area contributed by atoms with E-state index in [4.69, 9.17) is 9.98 Å². The highest BCUT2D eigenvalue weighted by atomic mass is 15.2. The van der Waals surface area contributed by atoms with Crippen LogP contribution in [0.15, 0.2) is 154 Å². The van der Waals surface area contributed by atoms with Crippen LogP contribution in [-0.2, 0) is 10.8 Å². The average molecular weight is 680 g/mol. The monoisotopic (exact) mass is 679 g/mol. The van der Waals surface area contributed by atoms with Gasteiger partial charge in [0.1, 0.15) is 11.7 Å². The molecule has 0 bridgehead atoms. The van der Waals surface area contributed by atoms with E-state index < -0.39 is 0 Å². The van der Waals surface area contributed by atoms with Crippen molar-refractivity contribution in [1.82, 2.24) is 5.32 Å². The summed E-state index contributed by atoms with van der Waals surface area (Å²) in [5.41, 5.74) is 12.2. The van der Waals surface area contributed by atoms with Crippen molar-refractivity contribution in [2.45, 2.75) is 89.1 Å². The third-order valence-electron chi connectivity index (χ3n) is 12.4. The number of nitrogens with zero attached hydrogens (tertiary/aromatic N) is 2. The highest BCUT2D eigenvalue weighted by Crippen LogP contribution is 2.47. The van der Waals surface area contributed by atoms with Crippen LogP contribution in [0.2, 0.25) is 0 Å². The van der Waals surface area contributed by atoms with Crippen LogP contribution in [0.3, 0.4) is 0 Å². The Morgan fingerprint density at radius 1 is 0.692 bits per heavy atom. The molecule has 3 nitrogen and oxygen atoms in total. The van der Waals surface area contributed by atoms with Crippen LogP contribution in [0.4, 0.5) is 0 Å². The Hall–Kier alpha value is -5.02.